The minimum Gasteiger partial charge on any atom is -0.508 e. The number of rotatable bonds is 15. The molecular weight excluding hydrogens is 506 g/mol. The van der Waals surface area contributed by atoms with Gasteiger partial charge >= 0.3 is 5.97 Å². The largest absolute Gasteiger partial charge is 0.508 e. The normalized spacial score (nSPS) is 17.1. The summed E-state index contributed by atoms with van der Waals surface area (Å²) >= 11 is 0. The van der Waals surface area contributed by atoms with Crippen LogP contribution in [0.5, 0.6) is 5.75 Å². The fourth-order valence-electron chi connectivity index (χ4n) is 4.27. The number of hydrogen-bond donors (Lipinski definition) is 8. The van der Waals surface area contributed by atoms with Gasteiger partial charge in [-0.15, -0.1) is 0 Å². The van der Waals surface area contributed by atoms with Crippen LogP contribution in [0.2, 0.25) is 0 Å². The highest BCUT2D eigenvalue weighted by Crippen LogP contribution is 2.13. The second-order valence-electron chi connectivity index (χ2n) is 10.1. The number of carboxylic acid groups (broad SMARTS) is 1. The molecule has 0 saturated carbocycles. The van der Waals surface area contributed by atoms with E-state index < -0.39 is 42.0 Å². The molecule has 4 unspecified atom stereocenters. The Morgan fingerprint density at radius 1 is 1.03 bits per heavy atom. The minimum atomic E-state index is -1.18. The van der Waals surface area contributed by atoms with Crippen LogP contribution in [0, 0.1) is 5.92 Å². The maximum atomic E-state index is 13.4. The van der Waals surface area contributed by atoms with Crippen molar-refractivity contribution in [2.45, 2.75) is 76.5 Å². The molecule has 2 rings (SSSR count). The van der Waals surface area contributed by atoms with Crippen molar-refractivity contribution in [2.24, 2.45) is 22.4 Å². The van der Waals surface area contributed by atoms with Gasteiger partial charge in [0.1, 0.15) is 23.9 Å². The zero-order valence-electron chi connectivity index (χ0n) is 22.5. The molecule has 10 N–H and O–H groups in total. The molecule has 0 radical (unpaired) electrons. The average molecular weight is 548 g/mol. The predicted octanol–water partition coefficient (Wildman–Crippen LogP) is -0.675. The van der Waals surface area contributed by atoms with Crippen molar-refractivity contribution in [1.29, 1.82) is 0 Å². The van der Waals surface area contributed by atoms with E-state index in [0.717, 1.165) is 6.42 Å². The SMILES string of the molecule is CC(C)CC(NC(=O)C(Cc1ccc(O)cc1)NC(=O)C(CCCN=C(N)N)NC(=O)C1CCCN1)C(=O)O. The smallest absolute Gasteiger partial charge is 0.326 e. The molecule has 0 aromatic heterocycles. The van der Waals surface area contributed by atoms with E-state index in [2.05, 4.69) is 26.3 Å². The molecule has 13 nitrogen and oxygen atoms in total. The number of phenols is 1. The van der Waals surface area contributed by atoms with Crippen molar-refractivity contribution >= 4 is 29.7 Å². The van der Waals surface area contributed by atoms with Gasteiger partial charge in [-0.05, 0) is 62.3 Å². The van der Waals surface area contributed by atoms with Crippen LogP contribution in [-0.2, 0) is 25.6 Å². The zero-order valence-corrected chi connectivity index (χ0v) is 22.5. The van der Waals surface area contributed by atoms with Gasteiger partial charge in [0.05, 0.1) is 6.04 Å². The number of nitrogens with two attached hydrogens (primary N) is 2. The average Bonchev–Trinajstić information content (AvgIpc) is 3.41. The first-order chi connectivity index (χ1) is 18.5. The lowest BCUT2D eigenvalue weighted by Crippen LogP contribution is -2.57. The Hall–Kier alpha value is -3.87. The van der Waals surface area contributed by atoms with Gasteiger partial charge in [0.15, 0.2) is 5.96 Å². The third-order valence-corrected chi connectivity index (χ3v) is 6.29. The number of nitrogens with zero attached hydrogens (tertiary/aromatic N) is 1. The molecule has 0 aliphatic carbocycles. The summed E-state index contributed by atoms with van der Waals surface area (Å²) < 4.78 is 0. The van der Waals surface area contributed by atoms with Crippen LogP contribution in [0.25, 0.3) is 0 Å². The molecule has 1 fully saturated rings. The number of aliphatic imine (C=N–C) groups is 1. The molecule has 39 heavy (non-hydrogen) atoms. The lowest BCUT2D eigenvalue weighted by atomic mass is 10.0. The van der Waals surface area contributed by atoms with Gasteiger partial charge in [0.2, 0.25) is 17.7 Å². The fourth-order valence-corrected chi connectivity index (χ4v) is 4.27. The van der Waals surface area contributed by atoms with E-state index in [0.29, 0.717) is 24.9 Å². The molecule has 216 valence electrons. The van der Waals surface area contributed by atoms with E-state index in [9.17, 15) is 29.4 Å². The van der Waals surface area contributed by atoms with Crippen molar-refractivity contribution < 1.29 is 29.4 Å². The predicted molar refractivity (Wildman–Crippen MR) is 146 cm³/mol. The zero-order chi connectivity index (χ0) is 28.9. The number of amides is 3. The molecule has 0 spiro atoms. The van der Waals surface area contributed by atoms with Gasteiger partial charge in [0.25, 0.3) is 0 Å². The summed E-state index contributed by atoms with van der Waals surface area (Å²) in [4.78, 5) is 55.1. The molecule has 0 bridgehead atoms. The first-order valence-electron chi connectivity index (χ1n) is 13.2. The quantitative estimate of drug-likeness (QED) is 0.0791. The second-order valence-corrected chi connectivity index (χ2v) is 10.1. The number of benzene rings is 1. The van der Waals surface area contributed by atoms with Gasteiger partial charge in [-0.2, -0.15) is 0 Å². The number of guanidine groups is 1. The van der Waals surface area contributed by atoms with E-state index in [1.807, 2.05) is 13.8 Å². The molecule has 1 aromatic rings. The second kappa shape index (κ2) is 15.5. The molecule has 4 atom stereocenters. The summed E-state index contributed by atoms with van der Waals surface area (Å²) in [5, 5.41) is 30.3. The third-order valence-electron chi connectivity index (χ3n) is 6.29. The molecule has 13 heteroatoms. The third kappa shape index (κ3) is 11.2. The van der Waals surface area contributed by atoms with Crippen molar-refractivity contribution in [3.63, 3.8) is 0 Å². The maximum Gasteiger partial charge on any atom is 0.326 e. The topological polar surface area (TPSA) is 221 Å². The van der Waals surface area contributed by atoms with Crippen LogP contribution in [0.3, 0.4) is 0 Å². The van der Waals surface area contributed by atoms with Crippen LogP contribution in [0.1, 0.15) is 51.5 Å². The highest BCUT2D eigenvalue weighted by atomic mass is 16.4. The number of phenolic OH excluding ortho intramolecular Hbond substituents is 1. The monoisotopic (exact) mass is 547 g/mol. The number of hydrogen-bond acceptors (Lipinski definition) is 7. The summed E-state index contributed by atoms with van der Waals surface area (Å²) in [6.45, 7) is 4.63. The van der Waals surface area contributed by atoms with E-state index in [1.165, 1.54) is 12.1 Å². The minimum absolute atomic E-state index is 0.00514. The van der Waals surface area contributed by atoms with Gasteiger partial charge in [0, 0.05) is 13.0 Å². The van der Waals surface area contributed by atoms with E-state index in [4.69, 9.17) is 11.5 Å². The molecule has 1 saturated heterocycles. The first kappa shape index (κ1) is 31.3. The van der Waals surface area contributed by atoms with Crippen LogP contribution < -0.4 is 32.7 Å². The van der Waals surface area contributed by atoms with Gasteiger partial charge in [-0.3, -0.25) is 19.4 Å². The van der Waals surface area contributed by atoms with Crippen molar-refractivity contribution in [1.82, 2.24) is 21.3 Å². The van der Waals surface area contributed by atoms with Crippen molar-refractivity contribution in [3.05, 3.63) is 29.8 Å². The molecule has 1 aliphatic heterocycles. The highest BCUT2D eigenvalue weighted by molar-refractivity contribution is 5.94. The summed E-state index contributed by atoms with van der Waals surface area (Å²) in [6.07, 6.45) is 2.32. The Kier molecular flexibility index (Phi) is 12.5. The molecule has 3 amide bonds. The molecule has 1 heterocycles. The van der Waals surface area contributed by atoms with Crippen LogP contribution >= 0.6 is 0 Å². The number of aliphatic carboxylic acids is 1. The Bertz CT molecular complexity index is 1000. The summed E-state index contributed by atoms with van der Waals surface area (Å²) in [7, 11) is 0. The number of aromatic hydroxyl groups is 1. The van der Waals surface area contributed by atoms with Gasteiger partial charge in [-0.25, -0.2) is 4.79 Å². The summed E-state index contributed by atoms with van der Waals surface area (Å²) in [5.41, 5.74) is 11.4. The Morgan fingerprint density at radius 3 is 2.23 bits per heavy atom. The standard InChI is InChI=1S/C26H41N7O6/c1-15(2)13-21(25(38)39)33-24(37)20(14-16-7-9-17(34)10-8-16)32-23(36)19(6-4-12-30-26(27)28)31-22(35)18-5-3-11-29-18/h7-10,15,18-21,29,34H,3-6,11-14H2,1-2H3,(H,31,35)(H,32,36)(H,33,37)(H,38,39)(H4,27,28,30). The van der Waals surface area contributed by atoms with Crippen LogP contribution in [0.15, 0.2) is 29.3 Å². The van der Waals surface area contributed by atoms with E-state index >= 15 is 0 Å². The fraction of sp³-hybridized carbons (Fsp3) is 0.577. The molecular formula is C26H41N7O6. The lowest BCUT2D eigenvalue weighted by Gasteiger charge is -2.26. The van der Waals surface area contributed by atoms with E-state index in [-0.39, 0.29) is 49.3 Å². The van der Waals surface area contributed by atoms with Crippen LogP contribution in [0.4, 0.5) is 0 Å². The number of carboxylic acids is 1. The van der Waals surface area contributed by atoms with Gasteiger partial charge in [-0.1, -0.05) is 26.0 Å². The number of carbonyl (C=O) groups excluding carboxylic acids is 3. The lowest BCUT2D eigenvalue weighted by molar-refractivity contribution is -0.142. The summed E-state index contributed by atoms with van der Waals surface area (Å²) in [5.74, 6) is -2.82. The van der Waals surface area contributed by atoms with Crippen molar-refractivity contribution in [3.8, 4) is 5.75 Å². The summed E-state index contributed by atoms with van der Waals surface area (Å²) in [6, 6.07) is 2.43. The maximum absolute atomic E-state index is 13.4. The van der Waals surface area contributed by atoms with Crippen LogP contribution in [-0.4, -0.2) is 77.1 Å². The first-order valence-corrected chi connectivity index (χ1v) is 13.2. The highest BCUT2D eigenvalue weighted by Gasteiger charge is 2.31. The van der Waals surface area contributed by atoms with Gasteiger partial charge < -0.3 is 42.9 Å². The molecule has 1 aromatic carbocycles. The number of nitrogens with one attached hydrogen (secondary N) is 4. The van der Waals surface area contributed by atoms with E-state index in [1.54, 1.807) is 12.1 Å². The number of carbonyl (C=O) groups is 4. The Labute approximate surface area is 228 Å². The Balaban J connectivity index is 2.23. The van der Waals surface area contributed by atoms with Crippen molar-refractivity contribution in [2.75, 3.05) is 13.1 Å². The Morgan fingerprint density at radius 2 is 1.67 bits per heavy atom. The molecule has 1 aliphatic rings.